The Labute approximate surface area is 177 Å². The summed E-state index contributed by atoms with van der Waals surface area (Å²) in [6.45, 7) is -0.0801. The molecule has 0 saturated carbocycles. The molecule has 0 fully saturated rings. The number of hydrogen-bond acceptors (Lipinski definition) is 8. The van der Waals surface area contributed by atoms with E-state index < -0.39 is 33.8 Å². The number of rotatable bonds is 6. The number of nitrogens with one attached hydrogen (secondary N) is 2. The molecule has 31 heavy (non-hydrogen) atoms. The van der Waals surface area contributed by atoms with E-state index in [1.807, 2.05) is 0 Å². The molecule has 0 bridgehead atoms. The standard InChI is InChI=1S/C19H19N3O8S/c1-29-18(25)12-5-8-14(19(26)30-2)15(9-12)22-17(24)16(23)21-10-11-3-6-13(7-4-11)31(20,27)28/h3-9H,10H2,1-2H3,(H,21,23)(H,22,24)(H2,20,27,28). The van der Waals surface area contributed by atoms with Crippen LogP contribution in [0.2, 0.25) is 0 Å². The molecule has 0 unspecified atom stereocenters. The van der Waals surface area contributed by atoms with Crippen molar-refractivity contribution in [2.45, 2.75) is 11.4 Å². The molecule has 0 heterocycles. The molecule has 0 aliphatic heterocycles. The zero-order valence-corrected chi connectivity index (χ0v) is 17.3. The number of carbonyl (C=O) groups is 4. The monoisotopic (exact) mass is 449 g/mol. The van der Waals surface area contributed by atoms with E-state index in [4.69, 9.17) is 5.14 Å². The summed E-state index contributed by atoms with van der Waals surface area (Å²) in [4.78, 5) is 47.9. The van der Waals surface area contributed by atoms with Gasteiger partial charge >= 0.3 is 23.8 Å². The second kappa shape index (κ2) is 9.82. The van der Waals surface area contributed by atoms with Crippen LogP contribution in [0.25, 0.3) is 0 Å². The van der Waals surface area contributed by atoms with Gasteiger partial charge in [-0.2, -0.15) is 0 Å². The van der Waals surface area contributed by atoms with Gasteiger partial charge in [-0.05, 0) is 35.9 Å². The van der Waals surface area contributed by atoms with Crippen molar-refractivity contribution in [2.24, 2.45) is 5.14 Å². The van der Waals surface area contributed by atoms with Gasteiger partial charge in [0.2, 0.25) is 10.0 Å². The van der Waals surface area contributed by atoms with E-state index in [1.54, 1.807) is 0 Å². The van der Waals surface area contributed by atoms with Gasteiger partial charge in [0.1, 0.15) is 0 Å². The van der Waals surface area contributed by atoms with E-state index in [0.29, 0.717) is 5.56 Å². The van der Waals surface area contributed by atoms with Crippen molar-refractivity contribution in [3.63, 3.8) is 0 Å². The van der Waals surface area contributed by atoms with Crippen LogP contribution in [0, 0.1) is 0 Å². The summed E-state index contributed by atoms with van der Waals surface area (Å²) in [5, 5.41) is 9.62. The summed E-state index contributed by atoms with van der Waals surface area (Å²) in [6.07, 6.45) is 0. The first-order valence-electron chi connectivity index (χ1n) is 8.58. The lowest BCUT2D eigenvalue weighted by Gasteiger charge is -2.11. The number of carbonyl (C=O) groups excluding carboxylic acids is 4. The second-order valence-corrected chi connectivity index (χ2v) is 7.63. The molecule has 12 heteroatoms. The third-order valence-electron chi connectivity index (χ3n) is 4.01. The summed E-state index contributed by atoms with van der Waals surface area (Å²) in [7, 11) is -1.55. The van der Waals surface area contributed by atoms with Crippen LogP contribution in [-0.4, -0.2) is 46.4 Å². The Hall–Kier alpha value is -3.77. The smallest absolute Gasteiger partial charge is 0.339 e. The van der Waals surface area contributed by atoms with Crippen molar-refractivity contribution < 1.29 is 37.1 Å². The van der Waals surface area contributed by atoms with Gasteiger partial charge in [-0.25, -0.2) is 23.1 Å². The SMILES string of the molecule is COC(=O)c1ccc(C(=O)OC)c(NC(=O)C(=O)NCc2ccc(S(N)(=O)=O)cc2)c1. The third kappa shape index (κ3) is 6.10. The van der Waals surface area contributed by atoms with Gasteiger partial charge < -0.3 is 20.1 Å². The highest BCUT2D eigenvalue weighted by Crippen LogP contribution is 2.20. The summed E-state index contributed by atoms with van der Waals surface area (Å²) in [5.41, 5.74) is 0.361. The molecule has 0 aliphatic carbocycles. The Morgan fingerprint density at radius 1 is 0.903 bits per heavy atom. The molecule has 0 spiro atoms. The minimum Gasteiger partial charge on any atom is -0.465 e. The first-order valence-corrected chi connectivity index (χ1v) is 10.1. The maximum Gasteiger partial charge on any atom is 0.339 e. The Morgan fingerprint density at radius 3 is 2.06 bits per heavy atom. The van der Waals surface area contributed by atoms with E-state index in [-0.39, 0.29) is 28.3 Å². The Morgan fingerprint density at radius 2 is 1.52 bits per heavy atom. The third-order valence-corrected chi connectivity index (χ3v) is 4.93. The fourth-order valence-electron chi connectivity index (χ4n) is 2.42. The maximum absolute atomic E-state index is 12.2. The Balaban J connectivity index is 2.12. The molecule has 4 N–H and O–H groups in total. The Bertz CT molecular complexity index is 1130. The largest absolute Gasteiger partial charge is 0.465 e. The molecular weight excluding hydrogens is 430 g/mol. The quantitative estimate of drug-likeness (QED) is 0.413. The Kier molecular flexibility index (Phi) is 7.45. The lowest BCUT2D eigenvalue weighted by molar-refractivity contribution is -0.136. The first kappa shape index (κ1) is 23.5. The maximum atomic E-state index is 12.2. The van der Waals surface area contributed by atoms with E-state index in [0.717, 1.165) is 14.2 Å². The van der Waals surface area contributed by atoms with Crippen molar-refractivity contribution in [2.75, 3.05) is 19.5 Å². The van der Waals surface area contributed by atoms with Gasteiger partial charge in [0.25, 0.3) is 0 Å². The van der Waals surface area contributed by atoms with Gasteiger partial charge in [-0.15, -0.1) is 0 Å². The van der Waals surface area contributed by atoms with Gasteiger partial charge in [0.15, 0.2) is 0 Å². The number of hydrogen-bond donors (Lipinski definition) is 3. The summed E-state index contributed by atoms with van der Waals surface area (Å²) in [6, 6.07) is 9.10. The lowest BCUT2D eigenvalue weighted by atomic mass is 10.1. The fraction of sp³-hybridized carbons (Fsp3) is 0.158. The molecule has 0 saturated heterocycles. The van der Waals surface area contributed by atoms with Crippen molar-refractivity contribution in [3.8, 4) is 0 Å². The molecule has 2 aromatic rings. The molecule has 2 rings (SSSR count). The minimum absolute atomic E-state index is 0.0424. The van der Waals surface area contributed by atoms with E-state index >= 15 is 0 Å². The predicted octanol–water partition coefficient (Wildman–Crippen LogP) is 0.162. The minimum atomic E-state index is -3.85. The molecule has 0 aromatic heterocycles. The van der Waals surface area contributed by atoms with Crippen LogP contribution < -0.4 is 15.8 Å². The summed E-state index contributed by atoms with van der Waals surface area (Å²) < 4.78 is 31.7. The van der Waals surface area contributed by atoms with Crippen molar-refractivity contribution in [1.82, 2.24) is 5.32 Å². The van der Waals surface area contributed by atoms with E-state index in [2.05, 4.69) is 20.1 Å². The first-order chi connectivity index (χ1) is 14.6. The van der Waals surface area contributed by atoms with Crippen LogP contribution in [0.4, 0.5) is 5.69 Å². The van der Waals surface area contributed by atoms with Crippen LogP contribution in [0.3, 0.4) is 0 Å². The van der Waals surface area contributed by atoms with Gasteiger partial charge in [-0.1, -0.05) is 12.1 Å². The topological polar surface area (TPSA) is 171 Å². The number of primary sulfonamides is 1. The van der Waals surface area contributed by atoms with Crippen LogP contribution in [-0.2, 0) is 35.6 Å². The molecule has 0 aliphatic rings. The van der Waals surface area contributed by atoms with Crippen LogP contribution in [0.5, 0.6) is 0 Å². The number of methoxy groups -OCH3 is 2. The van der Waals surface area contributed by atoms with Crippen molar-refractivity contribution >= 4 is 39.5 Å². The molecule has 0 atom stereocenters. The number of ether oxygens (including phenoxy) is 2. The number of benzene rings is 2. The van der Waals surface area contributed by atoms with Crippen molar-refractivity contribution in [1.29, 1.82) is 0 Å². The number of nitrogens with two attached hydrogens (primary N) is 1. The number of amides is 2. The van der Waals surface area contributed by atoms with Gasteiger partial charge in [-0.3, -0.25) is 9.59 Å². The highest BCUT2D eigenvalue weighted by molar-refractivity contribution is 7.89. The molecule has 11 nitrogen and oxygen atoms in total. The second-order valence-electron chi connectivity index (χ2n) is 6.07. The van der Waals surface area contributed by atoms with E-state index in [9.17, 15) is 27.6 Å². The zero-order valence-electron chi connectivity index (χ0n) is 16.5. The molecule has 164 valence electrons. The predicted molar refractivity (Wildman–Crippen MR) is 107 cm³/mol. The van der Waals surface area contributed by atoms with Gasteiger partial charge in [0.05, 0.1) is 35.9 Å². The highest BCUT2D eigenvalue weighted by Gasteiger charge is 2.20. The fourth-order valence-corrected chi connectivity index (χ4v) is 2.93. The van der Waals surface area contributed by atoms with Gasteiger partial charge in [0, 0.05) is 6.54 Å². The van der Waals surface area contributed by atoms with Crippen molar-refractivity contribution in [3.05, 3.63) is 59.2 Å². The number of anilines is 1. The lowest BCUT2D eigenvalue weighted by Crippen LogP contribution is -2.35. The molecule has 2 aromatic carbocycles. The van der Waals surface area contributed by atoms with Crippen LogP contribution in [0.15, 0.2) is 47.4 Å². The summed E-state index contributed by atoms with van der Waals surface area (Å²) in [5.74, 6) is -3.63. The summed E-state index contributed by atoms with van der Waals surface area (Å²) >= 11 is 0. The number of esters is 2. The van der Waals surface area contributed by atoms with E-state index in [1.165, 1.54) is 42.5 Å². The van der Waals surface area contributed by atoms with Crippen LogP contribution in [0.1, 0.15) is 26.3 Å². The molecule has 0 radical (unpaired) electrons. The average molecular weight is 449 g/mol. The molecular formula is C19H19N3O8S. The zero-order chi connectivity index (χ0) is 23.2. The average Bonchev–Trinajstić information content (AvgIpc) is 2.75. The highest BCUT2D eigenvalue weighted by atomic mass is 32.2. The molecule has 2 amide bonds. The normalized spacial score (nSPS) is 10.7. The number of sulfonamides is 1. The van der Waals surface area contributed by atoms with Crippen LogP contribution >= 0.6 is 0 Å².